The number of amides is 3. The van der Waals surface area contributed by atoms with Crippen LogP contribution in [-0.4, -0.2) is 45.5 Å². The third-order valence-corrected chi connectivity index (χ3v) is 4.61. The summed E-state index contributed by atoms with van der Waals surface area (Å²) in [4.78, 5) is 31.8. The van der Waals surface area contributed by atoms with Crippen molar-refractivity contribution < 1.29 is 9.59 Å². The minimum Gasteiger partial charge on any atom is -0.358 e. The molecule has 0 saturated heterocycles. The summed E-state index contributed by atoms with van der Waals surface area (Å²) in [5.74, 6) is -0.637. The van der Waals surface area contributed by atoms with E-state index in [1.165, 1.54) is 30.3 Å². The number of halogens is 3. The monoisotopic (exact) mass is 453 g/mol. The van der Waals surface area contributed by atoms with E-state index in [1.807, 2.05) is 0 Å². The third-order valence-electron chi connectivity index (χ3n) is 3.85. The number of urea groups is 1. The fourth-order valence-electron chi connectivity index (χ4n) is 2.38. The smallest absolute Gasteiger partial charge is 0.331 e. The van der Waals surface area contributed by atoms with Crippen LogP contribution in [0.4, 0.5) is 10.5 Å². The van der Waals surface area contributed by atoms with Gasteiger partial charge in [0.05, 0.1) is 28.2 Å². The van der Waals surface area contributed by atoms with Gasteiger partial charge < -0.3 is 5.32 Å². The van der Waals surface area contributed by atoms with Gasteiger partial charge in [0.25, 0.3) is 5.91 Å². The number of allylic oxidation sites excluding steroid dienone is 1. The lowest BCUT2D eigenvalue weighted by Gasteiger charge is -2.27. The van der Waals surface area contributed by atoms with Gasteiger partial charge in [-0.2, -0.15) is 0 Å². The Balaban J connectivity index is 2.29. The van der Waals surface area contributed by atoms with E-state index in [0.717, 1.165) is 4.90 Å². The molecule has 0 bridgehead atoms. The molecule has 3 amide bonds. The molecule has 0 aliphatic rings. The molecule has 0 saturated carbocycles. The molecule has 0 aliphatic heterocycles. The fourth-order valence-corrected chi connectivity index (χ4v) is 2.91. The van der Waals surface area contributed by atoms with E-state index in [4.69, 9.17) is 40.2 Å². The summed E-state index contributed by atoms with van der Waals surface area (Å²) >= 11 is 17.9. The van der Waals surface area contributed by atoms with E-state index in [-0.39, 0.29) is 28.0 Å². The maximum atomic E-state index is 13.0. The van der Waals surface area contributed by atoms with Gasteiger partial charge in [-0.3, -0.25) is 25.0 Å². The topological polar surface area (TPSA) is 89.4 Å². The molecule has 0 unspecified atom stereocenters. The van der Waals surface area contributed by atoms with Crippen molar-refractivity contribution in [3.63, 3.8) is 0 Å². The maximum Gasteiger partial charge on any atom is 0.331 e. The number of hydrogen-bond acceptors (Lipinski definition) is 5. The molecule has 29 heavy (non-hydrogen) atoms. The van der Waals surface area contributed by atoms with Crippen LogP contribution in [0.1, 0.15) is 17.3 Å². The highest BCUT2D eigenvalue weighted by molar-refractivity contribution is 6.68. The second-order valence-corrected chi connectivity index (χ2v) is 6.97. The summed E-state index contributed by atoms with van der Waals surface area (Å²) in [5.41, 5.74) is 0.812. The lowest BCUT2D eigenvalue weighted by atomic mass is 10.2. The van der Waals surface area contributed by atoms with Crippen LogP contribution in [0, 0.1) is 5.41 Å². The fraction of sp³-hybridized carbons (Fsp3) is 0.158. The van der Waals surface area contributed by atoms with Crippen LogP contribution in [0.15, 0.2) is 54.6 Å². The Morgan fingerprint density at radius 1 is 1.28 bits per heavy atom. The number of rotatable bonds is 6. The number of carbonyl (C=O) groups excluding carboxylic acids is 2. The van der Waals surface area contributed by atoms with Crippen LogP contribution in [0.25, 0.3) is 0 Å². The van der Waals surface area contributed by atoms with Gasteiger partial charge in [0, 0.05) is 31.0 Å². The van der Waals surface area contributed by atoms with Crippen molar-refractivity contribution >= 4 is 57.6 Å². The predicted octanol–water partition coefficient (Wildman–Crippen LogP) is 5.07. The number of anilines is 1. The van der Waals surface area contributed by atoms with Crippen molar-refractivity contribution in [1.29, 1.82) is 5.41 Å². The summed E-state index contributed by atoms with van der Waals surface area (Å²) < 4.78 is 0. The van der Waals surface area contributed by atoms with Crippen molar-refractivity contribution in [2.45, 2.75) is 6.92 Å². The highest BCUT2D eigenvalue weighted by Crippen LogP contribution is 2.23. The van der Waals surface area contributed by atoms with Gasteiger partial charge in [-0.1, -0.05) is 34.8 Å². The largest absolute Gasteiger partial charge is 0.358 e. The van der Waals surface area contributed by atoms with E-state index < -0.39 is 11.9 Å². The molecule has 2 rings (SSSR count). The van der Waals surface area contributed by atoms with Gasteiger partial charge in [0.2, 0.25) is 0 Å². The Kier molecular flexibility index (Phi) is 8.01. The molecule has 1 aromatic carbocycles. The van der Waals surface area contributed by atoms with Gasteiger partial charge in [0.15, 0.2) is 0 Å². The quantitative estimate of drug-likeness (QED) is 0.596. The molecule has 2 aromatic rings. The lowest BCUT2D eigenvalue weighted by molar-refractivity contribution is 0.0809. The molecule has 7 nitrogen and oxygen atoms in total. The van der Waals surface area contributed by atoms with E-state index in [0.29, 0.717) is 10.7 Å². The van der Waals surface area contributed by atoms with Crippen molar-refractivity contribution in [2.24, 2.45) is 0 Å². The summed E-state index contributed by atoms with van der Waals surface area (Å²) in [7, 11) is 1.31. The summed E-state index contributed by atoms with van der Waals surface area (Å²) in [6, 6.07) is 7.21. The Hall–Kier alpha value is -2.61. The molecule has 0 atom stereocenters. The number of benzene rings is 1. The molecule has 1 aromatic heterocycles. The molecule has 0 radical (unpaired) electrons. The molecule has 152 valence electrons. The average molecular weight is 455 g/mol. The predicted molar refractivity (Wildman–Crippen MR) is 116 cm³/mol. The van der Waals surface area contributed by atoms with Crippen LogP contribution >= 0.6 is 34.8 Å². The van der Waals surface area contributed by atoms with Crippen molar-refractivity contribution in [3.8, 4) is 0 Å². The van der Waals surface area contributed by atoms with Gasteiger partial charge in [0.1, 0.15) is 5.17 Å². The number of nitrogens with one attached hydrogen (secondary N) is 2. The first-order chi connectivity index (χ1) is 13.8. The van der Waals surface area contributed by atoms with Crippen molar-refractivity contribution in [1.82, 2.24) is 14.8 Å². The first-order valence-electron chi connectivity index (χ1n) is 8.42. The zero-order valence-corrected chi connectivity index (χ0v) is 17.9. The van der Waals surface area contributed by atoms with Crippen molar-refractivity contribution in [3.05, 3.63) is 70.2 Å². The van der Waals surface area contributed by atoms with E-state index in [2.05, 4.69) is 10.3 Å². The Bertz CT molecular complexity index is 950. The average Bonchev–Trinajstić information content (AvgIpc) is 2.71. The number of aromatic nitrogens is 1. The number of nitrogens with zero attached hydrogens (tertiary/aromatic N) is 3. The Labute approximate surface area is 183 Å². The van der Waals surface area contributed by atoms with Crippen LogP contribution < -0.4 is 5.32 Å². The lowest BCUT2D eigenvalue weighted by Crippen LogP contribution is -2.44. The van der Waals surface area contributed by atoms with Gasteiger partial charge in [-0.15, -0.1) is 0 Å². The normalized spacial score (nSPS) is 11.0. The third kappa shape index (κ3) is 5.69. The van der Waals surface area contributed by atoms with E-state index in [9.17, 15) is 9.59 Å². The van der Waals surface area contributed by atoms with Crippen LogP contribution in [0.2, 0.25) is 10.0 Å². The highest BCUT2D eigenvalue weighted by atomic mass is 35.5. The minimum atomic E-state index is -0.682. The molecule has 2 N–H and O–H groups in total. The van der Waals surface area contributed by atoms with Gasteiger partial charge >= 0.3 is 6.03 Å². The molecular formula is C19H18Cl3N5O2. The number of pyridine rings is 1. The number of hydrogen-bond donors (Lipinski definition) is 2. The second-order valence-electron chi connectivity index (χ2n) is 5.74. The van der Waals surface area contributed by atoms with Gasteiger partial charge in [-0.05, 0) is 37.3 Å². The standard InChI is InChI=1S/C19H18Cl3N5O2/c1-3-27(16(17(22)23)11-25-13-5-4-8-24-10-13)19(29)26(2)18(28)14-9-12(20)6-7-15(14)21/h4-11,23,25H,3H2,1-2H3. The number of carbonyl (C=O) groups is 2. The Morgan fingerprint density at radius 2 is 2.00 bits per heavy atom. The molecule has 10 heteroatoms. The highest BCUT2D eigenvalue weighted by Gasteiger charge is 2.28. The molecule has 1 heterocycles. The second kappa shape index (κ2) is 10.2. The molecule has 0 fully saturated rings. The molecule has 0 aliphatic carbocycles. The SMILES string of the molecule is CCN(C(=O)N(C)C(=O)c1cc(Cl)ccc1Cl)C(=CNc1cccnc1)C(=N)Cl. The molecule has 0 spiro atoms. The molecular weight excluding hydrogens is 437 g/mol. The summed E-state index contributed by atoms with van der Waals surface area (Å²) in [5, 5.41) is 10.9. The summed E-state index contributed by atoms with van der Waals surface area (Å²) in [6.45, 7) is 1.86. The van der Waals surface area contributed by atoms with Crippen LogP contribution in [0.5, 0.6) is 0 Å². The van der Waals surface area contributed by atoms with Crippen LogP contribution in [-0.2, 0) is 0 Å². The minimum absolute atomic E-state index is 0.0832. The van der Waals surface area contributed by atoms with E-state index in [1.54, 1.807) is 37.5 Å². The number of imide groups is 1. The zero-order valence-electron chi connectivity index (χ0n) is 15.6. The Morgan fingerprint density at radius 3 is 2.59 bits per heavy atom. The summed E-state index contributed by atoms with van der Waals surface area (Å²) in [6.07, 6.45) is 4.59. The first-order valence-corrected chi connectivity index (χ1v) is 9.55. The van der Waals surface area contributed by atoms with Gasteiger partial charge in [-0.25, -0.2) is 4.79 Å². The van der Waals surface area contributed by atoms with Crippen LogP contribution in [0.3, 0.4) is 0 Å². The zero-order chi connectivity index (χ0) is 21.6. The van der Waals surface area contributed by atoms with E-state index >= 15 is 0 Å². The van der Waals surface area contributed by atoms with Crippen molar-refractivity contribution in [2.75, 3.05) is 18.9 Å². The first kappa shape index (κ1) is 22.7. The maximum absolute atomic E-state index is 13.0.